The molecule has 0 aromatic heterocycles. The van der Waals surface area contributed by atoms with Gasteiger partial charge in [0.1, 0.15) is 18.8 Å². The lowest BCUT2D eigenvalue weighted by Gasteiger charge is -2.40. The molecule has 6 atom stereocenters. The Hall–Kier alpha value is -3.84. The number of esters is 3. The van der Waals surface area contributed by atoms with E-state index < -0.39 is 67.3 Å². The van der Waals surface area contributed by atoms with Crippen LogP contribution in [0.25, 0.3) is 0 Å². The third kappa shape index (κ3) is 41.0. The van der Waals surface area contributed by atoms with Gasteiger partial charge in [0, 0.05) is 19.3 Å². The minimum absolute atomic E-state index is 0.0462. The summed E-state index contributed by atoms with van der Waals surface area (Å²) in [6, 6.07) is 0. The smallest absolute Gasteiger partial charge is 0.335 e. The van der Waals surface area contributed by atoms with Crippen LogP contribution < -0.4 is 0 Å². The van der Waals surface area contributed by atoms with Crippen LogP contribution in [0.2, 0.25) is 0 Å². The molecule has 0 amide bonds. The molecule has 1 rings (SSSR count). The fraction of sp³-hybridized carbons (Fsp3) is 0.746. The van der Waals surface area contributed by atoms with E-state index in [1.165, 1.54) is 51.4 Å². The van der Waals surface area contributed by atoms with Gasteiger partial charge in [0.25, 0.3) is 0 Å². The Morgan fingerprint density at radius 2 is 0.853 bits per heavy atom. The average Bonchev–Trinajstić information content (AvgIpc) is 3.39. The zero-order chi connectivity index (χ0) is 54.7. The molecule has 1 saturated heterocycles. The standard InChI is InChI=1S/C63H106O12/c1-4-7-10-13-16-19-22-24-26-27-28-29-31-32-35-37-40-43-46-49-55(64)71-52-54(73-56(65)50-47-44-41-39-36-33-30-25-23-20-17-14-11-8-5-2)53-72-63-61(59(68)58(67)60(75-63)62(69)70)74-57(66)51-48-45-42-38-34-21-18-15-12-9-6-3/h7,10,15-16,18-19,24-26,28-30,54,58-61,63,67-68H,4-6,8-9,11-14,17,20-23,27,31-53H2,1-3H3,(H,69,70)/b10-7-,18-15-,19-16-,26-24-,29-28-,30-25-. The Balaban J connectivity index is 2.69. The zero-order valence-electron chi connectivity index (χ0n) is 47.3. The number of carboxylic acids is 1. The van der Waals surface area contributed by atoms with Crippen LogP contribution in [0.5, 0.6) is 0 Å². The van der Waals surface area contributed by atoms with Crippen molar-refractivity contribution in [3.8, 4) is 0 Å². The number of unbranched alkanes of at least 4 members (excludes halogenated alkanes) is 24. The summed E-state index contributed by atoms with van der Waals surface area (Å²) < 4.78 is 28.4. The maximum atomic E-state index is 13.1. The van der Waals surface area contributed by atoms with Gasteiger partial charge in [-0.25, -0.2) is 4.79 Å². The normalized spacial score (nSPS) is 18.7. The molecular formula is C63H106O12. The van der Waals surface area contributed by atoms with E-state index in [0.29, 0.717) is 19.3 Å². The van der Waals surface area contributed by atoms with E-state index in [9.17, 15) is 34.5 Å². The Labute approximate surface area is 455 Å². The number of rotatable bonds is 50. The maximum Gasteiger partial charge on any atom is 0.335 e. The van der Waals surface area contributed by atoms with Gasteiger partial charge in [0.05, 0.1) is 6.61 Å². The molecule has 0 bridgehead atoms. The van der Waals surface area contributed by atoms with Gasteiger partial charge in [0.2, 0.25) is 0 Å². The van der Waals surface area contributed by atoms with Crippen LogP contribution in [0.3, 0.4) is 0 Å². The number of aliphatic hydroxyl groups is 2. The summed E-state index contributed by atoms with van der Waals surface area (Å²) in [4.78, 5) is 51.1. The van der Waals surface area contributed by atoms with Crippen molar-refractivity contribution in [3.63, 3.8) is 0 Å². The predicted octanol–water partition coefficient (Wildman–Crippen LogP) is 15.3. The maximum absolute atomic E-state index is 13.1. The average molecular weight is 1060 g/mol. The van der Waals surface area contributed by atoms with Gasteiger partial charge >= 0.3 is 23.9 Å². The molecule has 1 aliphatic rings. The van der Waals surface area contributed by atoms with Crippen LogP contribution >= 0.6 is 0 Å². The molecule has 0 aliphatic carbocycles. The second-order valence-electron chi connectivity index (χ2n) is 20.2. The Bertz CT molecular complexity index is 1580. The molecule has 3 N–H and O–H groups in total. The first-order valence-corrected chi connectivity index (χ1v) is 29.9. The van der Waals surface area contributed by atoms with E-state index in [1.807, 2.05) is 0 Å². The van der Waals surface area contributed by atoms with Crippen LogP contribution in [0, 0.1) is 0 Å². The van der Waals surface area contributed by atoms with E-state index in [0.717, 1.165) is 141 Å². The molecule has 0 spiro atoms. The number of carbonyl (C=O) groups excluding carboxylic acids is 3. The van der Waals surface area contributed by atoms with Crippen LogP contribution in [0.15, 0.2) is 72.9 Å². The Kier molecular flexibility index (Phi) is 47.0. The van der Waals surface area contributed by atoms with Crippen LogP contribution in [-0.4, -0.2) is 89.2 Å². The van der Waals surface area contributed by atoms with E-state index in [-0.39, 0.29) is 25.9 Å². The summed E-state index contributed by atoms with van der Waals surface area (Å²) in [6.45, 7) is 5.81. The number of carbonyl (C=O) groups is 4. The molecule has 0 aromatic carbocycles. The van der Waals surface area contributed by atoms with Crippen LogP contribution in [0.1, 0.15) is 252 Å². The summed E-state index contributed by atoms with van der Waals surface area (Å²) in [5.41, 5.74) is 0. The number of carboxylic acid groups (broad SMARTS) is 1. The number of aliphatic hydroxyl groups excluding tert-OH is 2. The molecule has 430 valence electrons. The molecule has 6 unspecified atom stereocenters. The summed E-state index contributed by atoms with van der Waals surface area (Å²) >= 11 is 0. The summed E-state index contributed by atoms with van der Waals surface area (Å²) in [5.74, 6) is -3.16. The van der Waals surface area contributed by atoms with E-state index in [1.54, 1.807) is 0 Å². The molecule has 12 heteroatoms. The fourth-order valence-electron chi connectivity index (χ4n) is 8.63. The van der Waals surface area contributed by atoms with Gasteiger partial charge < -0.3 is 39.0 Å². The van der Waals surface area contributed by atoms with Gasteiger partial charge in [-0.05, 0) is 103 Å². The van der Waals surface area contributed by atoms with Crippen molar-refractivity contribution in [1.82, 2.24) is 0 Å². The quantitative estimate of drug-likeness (QED) is 0.0228. The van der Waals surface area contributed by atoms with Crippen molar-refractivity contribution in [2.75, 3.05) is 13.2 Å². The SMILES string of the molecule is CC/C=C\C/C=C\C/C=C\C/C=C\CCCCCCCCC(=O)OCC(COC1OC(C(=O)O)C(O)C(O)C1OC(=O)CCCCCCC/C=C\CCCC)OC(=O)CCCCCCC/C=C\CCCCCCCC. The van der Waals surface area contributed by atoms with Crippen LogP contribution in [0.4, 0.5) is 0 Å². The second-order valence-corrected chi connectivity index (χ2v) is 20.2. The van der Waals surface area contributed by atoms with E-state index in [4.69, 9.17) is 23.7 Å². The van der Waals surface area contributed by atoms with E-state index >= 15 is 0 Å². The van der Waals surface area contributed by atoms with Crippen LogP contribution in [-0.2, 0) is 42.9 Å². The van der Waals surface area contributed by atoms with Gasteiger partial charge in [-0.15, -0.1) is 0 Å². The summed E-state index contributed by atoms with van der Waals surface area (Å²) in [6.07, 6.45) is 51.6. The van der Waals surface area contributed by atoms with Crippen molar-refractivity contribution in [1.29, 1.82) is 0 Å². The highest BCUT2D eigenvalue weighted by Gasteiger charge is 2.50. The lowest BCUT2D eigenvalue weighted by atomic mass is 9.98. The minimum Gasteiger partial charge on any atom is -0.479 e. The summed E-state index contributed by atoms with van der Waals surface area (Å²) in [7, 11) is 0. The molecule has 1 aliphatic heterocycles. The summed E-state index contributed by atoms with van der Waals surface area (Å²) in [5, 5.41) is 31.4. The van der Waals surface area contributed by atoms with Gasteiger partial charge in [-0.1, -0.05) is 203 Å². The fourth-order valence-corrected chi connectivity index (χ4v) is 8.63. The first kappa shape index (κ1) is 69.2. The lowest BCUT2D eigenvalue weighted by molar-refractivity contribution is -0.301. The third-order valence-electron chi connectivity index (χ3n) is 13.2. The number of hydrogen-bond donors (Lipinski definition) is 3. The molecule has 0 aromatic rings. The highest BCUT2D eigenvalue weighted by molar-refractivity contribution is 5.74. The van der Waals surface area contributed by atoms with Crippen molar-refractivity contribution in [2.45, 2.75) is 289 Å². The first-order valence-electron chi connectivity index (χ1n) is 29.9. The number of ether oxygens (including phenoxy) is 5. The number of hydrogen-bond acceptors (Lipinski definition) is 11. The molecule has 1 fully saturated rings. The van der Waals surface area contributed by atoms with Gasteiger partial charge in [-0.3, -0.25) is 14.4 Å². The number of aliphatic carboxylic acids is 1. The predicted molar refractivity (Wildman–Crippen MR) is 303 cm³/mol. The number of allylic oxidation sites excluding steroid dienone is 12. The van der Waals surface area contributed by atoms with E-state index in [2.05, 4.69) is 93.7 Å². The molecular weight excluding hydrogens is 949 g/mol. The van der Waals surface area contributed by atoms with Crippen molar-refractivity contribution in [3.05, 3.63) is 72.9 Å². The molecule has 0 radical (unpaired) electrons. The Morgan fingerprint density at radius 3 is 1.33 bits per heavy atom. The minimum atomic E-state index is -1.91. The molecule has 75 heavy (non-hydrogen) atoms. The van der Waals surface area contributed by atoms with Crippen molar-refractivity contribution in [2.24, 2.45) is 0 Å². The topological polar surface area (TPSA) is 175 Å². The van der Waals surface area contributed by atoms with Crippen molar-refractivity contribution < 1.29 is 58.2 Å². The first-order chi connectivity index (χ1) is 36.6. The molecule has 0 saturated carbocycles. The third-order valence-corrected chi connectivity index (χ3v) is 13.2. The highest BCUT2D eigenvalue weighted by Crippen LogP contribution is 2.26. The molecule has 12 nitrogen and oxygen atoms in total. The zero-order valence-corrected chi connectivity index (χ0v) is 47.3. The Morgan fingerprint density at radius 1 is 0.453 bits per heavy atom. The highest BCUT2D eigenvalue weighted by atomic mass is 16.7. The monoisotopic (exact) mass is 1050 g/mol. The second kappa shape index (κ2) is 50.9. The van der Waals surface area contributed by atoms with Gasteiger partial charge in [-0.2, -0.15) is 0 Å². The largest absolute Gasteiger partial charge is 0.479 e. The lowest BCUT2D eigenvalue weighted by Crippen LogP contribution is -2.61. The van der Waals surface area contributed by atoms with Crippen molar-refractivity contribution >= 4 is 23.9 Å². The molecule has 1 heterocycles. The van der Waals surface area contributed by atoms with Gasteiger partial charge in [0.15, 0.2) is 24.6 Å².